The maximum atomic E-state index is 12.6. The minimum atomic E-state index is -0.0725. The van der Waals surface area contributed by atoms with Gasteiger partial charge in [-0.1, -0.05) is 29.8 Å². The average molecular weight is 364 g/mol. The molecule has 1 fully saturated rings. The van der Waals surface area contributed by atoms with E-state index < -0.39 is 0 Å². The first-order valence-corrected chi connectivity index (χ1v) is 9.85. The zero-order valence-electron chi connectivity index (χ0n) is 15.8. The Bertz CT molecular complexity index is 603. The van der Waals surface area contributed by atoms with E-state index in [2.05, 4.69) is 36.5 Å². The predicted molar refractivity (Wildman–Crippen MR) is 104 cm³/mol. The fourth-order valence-corrected chi connectivity index (χ4v) is 4.17. The van der Waals surface area contributed by atoms with Crippen molar-refractivity contribution < 1.29 is 9.59 Å². The van der Waals surface area contributed by atoms with Crippen LogP contribution in [-0.4, -0.2) is 52.7 Å². The van der Waals surface area contributed by atoms with Crippen LogP contribution in [0.25, 0.3) is 0 Å². The Labute approximate surface area is 155 Å². The van der Waals surface area contributed by atoms with Crippen LogP contribution in [-0.2, 0) is 4.79 Å². The highest BCUT2D eigenvalue weighted by Gasteiger charge is 2.38. The summed E-state index contributed by atoms with van der Waals surface area (Å²) >= 11 is 1.68. The van der Waals surface area contributed by atoms with Crippen molar-refractivity contribution in [2.45, 2.75) is 51.3 Å². The predicted octanol–water partition coefficient (Wildman–Crippen LogP) is 3.40. The van der Waals surface area contributed by atoms with Gasteiger partial charge >= 0.3 is 6.03 Å². The van der Waals surface area contributed by atoms with Crippen molar-refractivity contribution in [2.75, 3.05) is 19.6 Å². The summed E-state index contributed by atoms with van der Waals surface area (Å²) in [5.74, 6) is 0.149. The molecule has 1 aliphatic rings. The zero-order chi connectivity index (χ0) is 18.6. The first-order chi connectivity index (χ1) is 11.8. The number of urea groups is 1. The summed E-state index contributed by atoms with van der Waals surface area (Å²) in [7, 11) is 0. The Balaban J connectivity index is 2.07. The van der Waals surface area contributed by atoms with Crippen molar-refractivity contribution in [1.82, 2.24) is 15.1 Å². The molecule has 1 aliphatic heterocycles. The van der Waals surface area contributed by atoms with Crippen molar-refractivity contribution in [3.8, 4) is 0 Å². The van der Waals surface area contributed by atoms with Gasteiger partial charge in [0, 0.05) is 25.7 Å². The third-order valence-electron chi connectivity index (χ3n) is 4.30. The second-order valence-corrected chi connectivity index (χ2v) is 8.18. The van der Waals surface area contributed by atoms with Gasteiger partial charge in [-0.2, -0.15) is 0 Å². The maximum Gasteiger partial charge on any atom is 0.317 e. The molecule has 1 heterocycles. The SMILES string of the molecule is CCN(CCN1C(=O)[C@H](C)S[C@H]1c1ccc(C)cc1)C(=O)NC(C)C. The molecular formula is C19H29N3O2S. The van der Waals surface area contributed by atoms with Crippen LogP contribution in [0.4, 0.5) is 4.79 Å². The Morgan fingerprint density at radius 2 is 1.96 bits per heavy atom. The topological polar surface area (TPSA) is 52.7 Å². The number of amides is 3. The highest BCUT2D eigenvalue weighted by Crippen LogP contribution is 2.42. The van der Waals surface area contributed by atoms with Gasteiger partial charge < -0.3 is 15.1 Å². The lowest BCUT2D eigenvalue weighted by Crippen LogP contribution is -2.46. The van der Waals surface area contributed by atoms with E-state index in [1.165, 1.54) is 5.56 Å². The van der Waals surface area contributed by atoms with Gasteiger partial charge in [-0.05, 0) is 40.2 Å². The minimum absolute atomic E-state index is 0.0231. The van der Waals surface area contributed by atoms with Crippen LogP contribution in [0.2, 0.25) is 0 Å². The molecule has 1 aromatic rings. The molecule has 1 aromatic carbocycles. The highest BCUT2D eigenvalue weighted by molar-refractivity contribution is 8.01. The Hall–Kier alpha value is -1.69. The number of aryl methyl sites for hydroxylation is 1. The number of hydrogen-bond acceptors (Lipinski definition) is 3. The Morgan fingerprint density at radius 3 is 2.52 bits per heavy atom. The lowest BCUT2D eigenvalue weighted by atomic mass is 10.1. The van der Waals surface area contributed by atoms with Gasteiger partial charge in [0.2, 0.25) is 5.91 Å². The summed E-state index contributed by atoms with van der Waals surface area (Å²) in [5.41, 5.74) is 2.35. The molecule has 138 valence electrons. The van der Waals surface area contributed by atoms with Crippen LogP contribution in [0.5, 0.6) is 0 Å². The van der Waals surface area contributed by atoms with Crippen molar-refractivity contribution in [1.29, 1.82) is 0 Å². The summed E-state index contributed by atoms with van der Waals surface area (Å²) in [6.45, 7) is 11.6. The van der Waals surface area contributed by atoms with Crippen LogP contribution in [0.3, 0.4) is 0 Å². The molecule has 3 amide bonds. The molecule has 0 aromatic heterocycles. The molecule has 0 unspecified atom stereocenters. The molecule has 0 saturated carbocycles. The Kier molecular flexibility index (Phi) is 6.76. The van der Waals surface area contributed by atoms with E-state index in [0.29, 0.717) is 19.6 Å². The van der Waals surface area contributed by atoms with Gasteiger partial charge in [-0.3, -0.25) is 4.79 Å². The average Bonchev–Trinajstić information content (AvgIpc) is 2.83. The molecule has 5 nitrogen and oxygen atoms in total. The van der Waals surface area contributed by atoms with Gasteiger partial charge in [0.25, 0.3) is 0 Å². The lowest BCUT2D eigenvalue weighted by Gasteiger charge is -2.28. The number of benzene rings is 1. The molecule has 2 rings (SSSR count). The summed E-state index contributed by atoms with van der Waals surface area (Å²) < 4.78 is 0. The third kappa shape index (κ3) is 4.91. The molecule has 0 aliphatic carbocycles. The minimum Gasteiger partial charge on any atom is -0.336 e. The highest BCUT2D eigenvalue weighted by atomic mass is 32.2. The molecule has 25 heavy (non-hydrogen) atoms. The molecule has 0 spiro atoms. The normalized spacial score (nSPS) is 20.2. The lowest BCUT2D eigenvalue weighted by molar-refractivity contribution is -0.129. The number of hydrogen-bond donors (Lipinski definition) is 1. The van der Waals surface area contributed by atoms with E-state index >= 15 is 0 Å². The van der Waals surface area contributed by atoms with E-state index in [9.17, 15) is 9.59 Å². The van der Waals surface area contributed by atoms with Gasteiger partial charge in [0.15, 0.2) is 0 Å². The largest absolute Gasteiger partial charge is 0.336 e. The molecule has 0 bridgehead atoms. The van der Waals surface area contributed by atoms with Gasteiger partial charge in [0.05, 0.1) is 5.25 Å². The summed E-state index contributed by atoms with van der Waals surface area (Å²) in [6, 6.07) is 8.37. The smallest absolute Gasteiger partial charge is 0.317 e. The second kappa shape index (κ2) is 8.61. The van der Waals surface area contributed by atoms with Crippen molar-refractivity contribution in [3.05, 3.63) is 35.4 Å². The maximum absolute atomic E-state index is 12.6. The van der Waals surface area contributed by atoms with Gasteiger partial charge in [0.1, 0.15) is 5.37 Å². The van der Waals surface area contributed by atoms with Crippen molar-refractivity contribution in [2.24, 2.45) is 0 Å². The van der Waals surface area contributed by atoms with Gasteiger partial charge in [-0.25, -0.2) is 4.79 Å². The fraction of sp³-hybridized carbons (Fsp3) is 0.579. The second-order valence-electron chi connectivity index (χ2n) is 6.76. The van der Waals surface area contributed by atoms with E-state index in [-0.39, 0.29) is 28.6 Å². The van der Waals surface area contributed by atoms with Gasteiger partial charge in [-0.15, -0.1) is 11.8 Å². The van der Waals surface area contributed by atoms with E-state index in [1.54, 1.807) is 16.7 Å². The third-order valence-corrected chi connectivity index (χ3v) is 5.70. The number of nitrogens with one attached hydrogen (secondary N) is 1. The number of nitrogens with zero attached hydrogens (tertiary/aromatic N) is 2. The van der Waals surface area contributed by atoms with E-state index in [4.69, 9.17) is 0 Å². The van der Waals surface area contributed by atoms with Crippen LogP contribution in [0.15, 0.2) is 24.3 Å². The number of carbonyl (C=O) groups is 2. The number of thioether (sulfide) groups is 1. The number of likely N-dealkylation sites (N-methyl/N-ethyl adjacent to an activating group) is 1. The fourth-order valence-electron chi connectivity index (χ4n) is 2.86. The quantitative estimate of drug-likeness (QED) is 0.843. The molecule has 2 atom stereocenters. The van der Waals surface area contributed by atoms with Crippen molar-refractivity contribution >= 4 is 23.7 Å². The molecule has 1 N–H and O–H groups in total. The molecule has 6 heteroatoms. The summed E-state index contributed by atoms with van der Waals surface area (Å²) in [5, 5.41) is 2.89. The van der Waals surface area contributed by atoms with Crippen LogP contribution in [0.1, 0.15) is 44.2 Å². The standard InChI is InChI=1S/C19H29N3O2S/c1-6-21(19(24)20-13(2)3)11-12-22-17(23)15(5)25-18(22)16-9-7-14(4)8-10-16/h7-10,13,15,18H,6,11-12H2,1-5H3,(H,20,24)/t15-,18-/m0/s1. The molecular weight excluding hydrogens is 334 g/mol. The first-order valence-electron chi connectivity index (χ1n) is 8.91. The van der Waals surface area contributed by atoms with Crippen LogP contribution in [0, 0.1) is 6.92 Å². The summed E-state index contributed by atoms with van der Waals surface area (Å²) in [6.07, 6.45) is 0. The number of rotatable bonds is 6. The van der Waals surface area contributed by atoms with E-state index in [1.807, 2.05) is 32.6 Å². The van der Waals surface area contributed by atoms with E-state index in [0.717, 1.165) is 5.56 Å². The van der Waals surface area contributed by atoms with Crippen LogP contribution < -0.4 is 5.32 Å². The van der Waals surface area contributed by atoms with Crippen molar-refractivity contribution in [3.63, 3.8) is 0 Å². The zero-order valence-corrected chi connectivity index (χ0v) is 16.6. The molecule has 0 radical (unpaired) electrons. The monoisotopic (exact) mass is 363 g/mol. The molecule has 1 saturated heterocycles. The number of carbonyl (C=O) groups excluding carboxylic acids is 2. The Morgan fingerprint density at radius 1 is 1.32 bits per heavy atom. The summed E-state index contributed by atoms with van der Waals surface area (Å²) in [4.78, 5) is 28.5. The van der Waals surface area contributed by atoms with Crippen LogP contribution >= 0.6 is 11.8 Å². The first kappa shape index (κ1) is 19.6.